The lowest BCUT2D eigenvalue weighted by Crippen LogP contribution is -2.50. The van der Waals surface area contributed by atoms with Crippen LogP contribution in [0.25, 0.3) is 0 Å². The van der Waals surface area contributed by atoms with Crippen molar-refractivity contribution < 1.29 is 18.0 Å². The molecule has 2 amide bonds. The molecule has 0 saturated carbocycles. The molecule has 0 radical (unpaired) electrons. The first-order valence-corrected chi connectivity index (χ1v) is 11.4. The summed E-state index contributed by atoms with van der Waals surface area (Å²) in [6, 6.07) is 9.87. The van der Waals surface area contributed by atoms with Crippen LogP contribution < -0.4 is 4.72 Å². The number of carbonyl (C=O) groups is 2. The van der Waals surface area contributed by atoms with Crippen LogP contribution in [0.3, 0.4) is 0 Å². The normalized spacial score (nSPS) is 14.9. The van der Waals surface area contributed by atoms with Crippen molar-refractivity contribution in [3.63, 3.8) is 0 Å². The molecule has 1 aliphatic rings. The van der Waals surface area contributed by atoms with E-state index in [-0.39, 0.29) is 16.7 Å². The van der Waals surface area contributed by atoms with E-state index >= 15 is 0 Å². The molecule has 1 aliphatic heterocycles. The first kappa shape index (κ1) is 20.5. The highest BCUT2D eigenvalue weighted by Crippen LogP contribution is 2.14. The maximum Gasteiger partial charge on any atom is 0.253 e. The third-order valence-corrected chi connectivity index (χ3v) is 7.08. The van der Waals surface area contributed by atoms with Gasteiger partial charge in [0.05, 0.1) is 4.90 Å². The highest BCUT2D eigenvalue weighted by molar-refractivity contribution is 7.89. The average Bonchev–Trinajstić information content (AvgIpc) is 3.21. The lowest BCUT2D eigenvalue weighted by molar-refractivity contribution is -0.130. The van der Waals surface area contributed by atoms with Crippen molar-refractivity contribution in [1.82, 2.24) is 14.5 Å². The van der Waals surface area contributed by atoms with Crippen LogP contribution in [0, 0.1) is 0 Å². The summed E-state index contributed by atoms with van der Waals surface area (Å²) in [5.74, 6) is -0.147. The van der Waals surface area contributed by atoms with E-state index < -0.39 is 10.0 Å². The van der Waals surface area contributed by atoms with E-state index in [0.717, 1.165) is 4.88 Å². The molecule has 9 heteroatoms. The molecule has 28 heavy (non-hydrogen) atoms. The number of carbonyl (C=O) groups excluding carboxylic acids is 2. The zero-order chi connectivity index (χ0) is 20.1. The standard InChI is InChI=1S/C19H23N3O4S2/c1-15(23)21-10-12-22(13-11-21)19(24)16-4-6-18(7-5-16)28(25,26)20-9-8-17-3-2-14-27-17/h2-7,14,20H,8-13H2,1H3. The SMILES string of the molecule is CC(=O)N1CCN(C(=O)c2ccc(S(=O)(=O)NCCc3cccs3)cc2)CC1. The summed E-state index contributed by atoms with van der Waals surface area (Å²) >= 11 is 1.59. The Bertz CT molecular complexity index is 917. The second-order valence-corrected chi connectivity index (χ2v) is 9.35. The van der Waals surface area contributed by atoms with Gasteiger partial charge < -0.3 is 9.80 Å². The average molecular weight is 422 g/mol. The molecule has 1 aromatic carbocycles. The molecule has 2 heterocycles. The minimum absolute atomic E-state index is 0.00763. The predicted molar refractivity (Wildman–Crippen MR) is 108 cm³/mol. The Morgan fingerprint density at radius 3 is 2.25 bits per heavy atom. The molecule has 0 aliphatic carbocycles. The lowest BCUT2D eigenvalue weighted by Gasteiger charge is -2.34. The van der Waals surface area contributed by atoms with Crippen molar-refractivity contribution in [3.05, 3.63) is 52.2 Å². The predicted octanol–water partition coefficient (Wildman–Crippen LogP) is 1.57. The summed E-state index contributed by atoms with van der Waals surface area (Å²) in [4.78, 5) is 28.6. The Hall–Kier alpha value is -2.23. The molecule has 1 fully saturated rings. The molecule has 0 bridgehead atoms. The number of thiophene rings is 1. The second kappa shape index (κ2) is 8.85. The van der Waals surface area contributed by atoms with Crippen molar-refractivity contribution in [2.24, 2.45) is 0 Å². The summed E-state index contributed by atoms with van der Waals surface area (Å²) < 4.78 is 27.4. The van der Waals surface area contributed by atoms with Crippen molar-refractivity contribution in [3.8, 4) is 0 Å². The van der Waals surface area contributed by atoms with Crippen LogP contribution in [-0.4, -0.2) is 62.8 Å². The summed E-state index contributed by atoms with van der Waals surface area (Å²) in [6.07, 6.45) is 0.639. The van der Waals surface area contributed by atoms with Gasteiger partial charge in [-0.05, 0) is 42.1 Å². The Balaban J connectivity index is 1.57. The molecular formula is C19H23N3O4S2. The third kappa shape index (κ3) is 4.98. The zero-order valence-electron chi connectivity index (χ0n) is 15.6. The minimum atomic E-state index is -3.61. The molecule has 3 rings (SSSR count). The van der Waals surface area contributed by atoms with Gasteiger partial charge in [0.2, 0.25) is 15.9 Å². The van der Waals surface area contributed by atoms with Gasteiger partial charge in [0.25, 0.3) is 5.91 Å². The fraction of sp³-hybridized carbons (Fsp3) is 0.368. The van der Waals surface area contributed by atoms with Crippen LogP contribution in [0.15, 0.2) is 46.7 Å². The van der Waals surface area contributed by atoms with E-state index in [4.69, 9.17) is 0 Å². The maximum atomic E-state index is 12.6. The zero-order valence-corrected chi connectivity index (χ0v) is 17.3. The van der Waals surface area contributed by atoms with E-state index in [1.807, 2.05) is 17.5 Å². The number of nitrogens with one attached hydrogen (secondary N) is 1. The van der Waals surface area contributed by atoms with Crippen LogP contribution in [0.5, 0.6) is 0 Å². The molecule has 150 valence electrons. The quantitative estimate of drug-likeness (QED) is 0.767. The van der Waals surface area contributed by atoms with E-state index in [9.17, 15) is 18.0 Å². The van der Waals surface area contributed by atoms with Crippen LogP contribution in [-0.2, 0) is 21.2 Å². The number of piperazine rings is 1. The number of rotatable bonds is 6. The van der Waals surface area contributed by atoms with E-state index in [1.54, 1.807) is 21.1 Å². The molecule has 1 aromatic heterocycles. The fourth-order valence-corrected chi connectivity index (χ4v) is 4.77. The number of amides is 2. The molecule has 7 nitrogen and oxygen atoms in total. The Morgan fingerprint density at radius 2 is 1.68 bits per heavy atom. The Kier molecular flexibility index (Phi) is 6.48. The number of nitrogens with zero attached hydrogens (tertiary/aromatic N) is 2. The topological polar surface area (TPSA) is 86.8 Å². The van der Waals surface area contributed by atoms with Gasteiger partial charge in [0, 0.05) is 50.1 Å². The van der Waals surface area contributed by atoms with Crippen molar-refractivity contribution in [1.29, 1.82) is 0 Å². The van der Waals surface area contributed by atoms with Crippen LogP contribution in [0.1, 0.15) is 22.2 Å². The summed E-state index contributed by atoms with van der Waals surface area (Å²) in [7, 11) is -3.61. The summed E-state index contributed by atoms with van der Waals surface area (Å²) in [5, 5.41) is 1.96. The highest BCUT2D eigenvalue weighted by atomic mass is 32.2. The number of benzene rings is 1. The second-order valence-electron chi connectivity index (χ2n) is 6.55. The third-order valence-electron chi connectivity index (χ3n) is 4.67. The molecule has 0 spiro atoms. The van der Waals surface area contributed by atoms with Gasteiger partial charge in [-0.1, -0.05) is 6.07 Å². The maximum absolute atomic E-state index is 12.6. The molecular weight excluding hydrogens is 398 g/mol. The van der Waals surface area contributed by atoms with Crippen molar-refractivity contribution in [2.45, 2.75) is 18.2 Å². The number of hydrogen-bond acceptors (Lipinski definition) is 5. The van der Waals surface area contributed by atoms with Gasteiger partial charge in [-0.3, -0.25) is 9.59 Å². The highest BCUT2D eigenvalue weighted by Gasteiger charge is 2.23. The largest absolute Gasteiger partial charge is 0.339 e. The van der Waals surface area contributed by atoms with Gasteiger partial charge in [-0.25, -0.2) is 13.1 Å². The van der Waals surface area contributed by atoms with Crippen LogP contribution in [0.4, 0.5) is 0 Å². The van der Waals surface area contributed by atoms with Crippen molar-refractivity contribution >= 4 is 33.2 Å². The first-order valence-electron chi connectivity index (χ1n) is 9.04. The molecule has 2 aromatic rings. The van der Waals surface area contributed by atoms with Gasteiger partial charge in [0.1, 0.15) is 0 Å². The van der Waals surface area contributed by atoms with Crippen molar-refractivity contribution in [2.75, 3.05) is 32.7 Å². The number of hydrogen-bond donors (Lipinski definition) is 1. The van der Waals surface area contributed by atoms with Gasteiger partial charge >= 0.3 is 0 Å². The van der Waals surface area contributed by atoms with E-state index in [2.05, 4.69) is 4.72 Å². The Labute approximate surface area is 169 Å². The Morgan fingerprint density at radius 1 is 1.04 bits per heavy atom. The first-order chi connectivity index (χ1) is 13.4. The fourth-order valence-electron chi connectivity index (χ4n) is 3.03. The van der Waals surface area contributed by atoms with Gasteiger partial charge in [-0.2, -0.15) is 0 Å². The van der Waals surface area contributed by atoms with Crippen LogP contribution >= 0.6 is 11.3 Å². The molecule has 0 unspecified atom stereocenters. The smallest absolute Gasteiger partial charge is 0.253 e. The molecule has 1 N–H and O–H groups in total. The monoisotopic (exact) mass is 421 g/mol. The molecule has 1 saturated heterocycles. The van der Waals surface area contributed by atoms with Gasteiger partial charge in [0.15, 0.2) is 0 Å². The lowest BCUT2D eigenvalue weighted by atomic mass is 10.2. The summed E-state index contributed by atoms with van der Waals surface area (Å²) in [5.41, 5.74) is 0.439. The summed E-state index contributed by atoms with van der Waals surface area (Å²) in [6.45, 7) is 3.82. The van der Waals surface area contributed by atoms with Crippen LogP contribution in [0.2, 0.25) is 0 Å². The molecule has 0 atom stereocenters. The number of sulfonamides is 1. The van der Waals surface area contributed by atoms with E-state index in [1.165, 1.54) is 31.2 Å². The van der Waals surface area contributed by atoms with Gasteiger partial charge in [-0.15, -0.1) is 11.3 Å². The minimum Gasteiger partial charge on any atom is -0.339 e. The van der Waals surface area contributed by atoms with E-state index in [0.29, 0.717) is 44.7 Å².